The first kappa shape index (κ1) is 31.1. The molecule has 3 fully saturated rings. The van der Waals surface area contributed by atoms with Gasteiger partial charge in [0.15, 0.2) is 0 Å². The molecule has 234 valence electrons. The first-order valence-electron chi connectivity index (χ1n) is 17.8. The summed E-state index contributed by atoms with van der Waals surface area (Å²) < 4.78 is 13.6. The zero-order valence-electron chi connectivity index (χ0n) is 27.8. The van der Waals surface area contributed by atoms with Gasteiger partial charge in [-0.2, -0.15) is 0 Å². The fourth-order valence-corrected chi connectivity index (χ4v) is 10.5. The van der Waals surface area contributed by atoms with E-state index in [1.165, 1.54) is 68.9 Å². The molecule has 0 bridgehead atoms. The summed E-state index contributed by atoms with van der Waals surface area (Å²) in [6.07, 6.45) is 16.4. The molecule has 0 spiro atoms. The van der Waals surface area contributed by atoms with Crippen molar-refractivity contribution in [3.05, 3.63) is 83.4 Å². The largest absolute Gasteiger partial charge is 0.373 e. The van der Waals surface area contributed by atoms with Gasteiger partial charge >= 0.3 is 0 Å². The molecule has 4 aliphatic rings. The normalized spacial score (nSPS) is 36.0. The molecule has 9 atom stereocenters. The number of hydrogen-bond acceptors (Lipinski definition) is 2. The first-order valence-corrected chi connectivity index (χ1v) is 17.8. The van der Waals surface area contributed by atoms with Crippen LogP contribution < -0.4 is 0 Å². The molecular formula is C41H58O2. The van der Waals surface area contributed by atoms with Crippen LogP contribution >= 0.6 is 0 Å². The standard InChI is InChI=1S/C41H58O2/c1-29(2)13-12-14-30(3)35-19-20-36-39-37(22-24-41(35,36)5)40(4)23-21-34(42-27-31-15-8-6-9-16-31)25-33(40)26-38(39)43-28-32-17-10-7-11-18-32/h6-11,15-18,26,29-30,34-39H,12-14,19-25,27-28H2,1-5H3/t30-,34+,35-,36+,37+,38+,39+,40+,41-/m1/s1. The van der Waals surface area contributed by atoms with Crippen LogP contribution in [0.2, 0.25) is 0 Å². The van der Waals surface area contributed by atoms with E-state index in [0.29, 0.717) is 30.7 Å². The summed E-state index contributed by atoms with van der Waals surface area (Å²) in [5, 5.41) is 0. The number of benzene rings is 2. The average Bonchev–Trinajstić information content (AvgIpc) is 3.37. The van der Waals surface area contributed by atoms with E-state index in [1.807, 2.05) is 0 Å². The van der Waals surface area contributed by atoms with Crippen molar-refractivity contribution in [2.45, 2.75) is 124 Å². The van der Waals surface area contributed by atoms with Crippen molar-refractivity contribution in [3.8, 4) is 0 Å². The summed E-state index contributed by atoms with van der Waals surface area (Å²) in [6.45, 7) is 14.1. The Morgan fingerprint density at radius 3 is 2.09 bits per heavy atom. The van der Waals surface area contributed by atoms with Crippen molar-refractivity contribution >= 4 is 0 Å². The van der Waals surface area contributed by atoms with E-state index in [2.05, 4.69) is 101 Å². The smallest absolute Gasteiger partial charge is 0.0797 e. The topological polar surface area (TPSA) is 18.5 Å². The van der Waals surface area contributed by atoms with Crippen molar-refractivity contribution in [3.63, 3.8) is 0 Å². The predicted octanol–water partition coefficient (Wildman–Crippen LogP) is 10.8. The quantitative estimate of drug-likeness (QED) is 0.245. The SMILES string of the molecule is CC(C)CCC[C@@H](C)[C@H]1CC[C@H]2[C@@H]3[C@@H](OCc4ccccc4)C=C4C[C@@H](OCc5ccccc5)CC[C@]4(C)[C@H]3CC[C@]12C. The maximum absolute atomic E-state index is 7.02. The maximum atomic E-state index is 7.02. The van der Waals surface area contributed by atoms with E-state index in [-0.39, 0.29) is 11.5 Å². The van der Waals surface area contributed by atoms with E-state index in [9.17, 15) is 0 Å². The van der Waals surface area contributed by atoms with Crippen LogP contribution in [0, 0.1) is 46.3 Å². The summed E-state index contributed by atoms with van der Waals surface area (Å²) in [6, 6.07) is 21.5. The van der Waals surface area contributed by atoms with Crippen molar-refractivity contribution < 1.29 is 9.47 Å². The molecule has 43 heavy (non-hydrogen) atoms. The number of rotatable bonds is 11. The van der Waals surface area contributed by atoms with Gasteiger partial charge in [0.05, 0.1) is 25.4 Å². The summed E-state index contributed by atoms with van der Waals surface area (Å²) in [5.74, 6) is 4.63. The van der Waals surface area contributed by atoms with Crippen LogP contribution in [-0.4, -0.2) is 12.2 Å². The maximum Gasteiger partial charge on any atom is 0.0797 e. The molecule has 0 aromatic heterocycles. The number of hydrogen-bond donors (Lipinski definition) is 0. The second kappa shape index (κ2) is 13.2. The third-order valence-electron chi connectivity index (χ3n) is 12.9. The summed E-state index contributed by atoms with van der Waals surface area (Å²) in [5.41, 5.74) is 4.94. The zero-order valence-corrected chi connectivity index (χ0v) is 27.8. The lowest BCUT2D eigenvalue weighted by molar-refractivity contribution is -0.121. The van der Waals surface area contributed by atoms with Gasteiger partial charge in [-0.3, -0.25) is 0 Å². The molecule has 4 aliphatic carbocycles. The monoisotopic (exact) mass is 582 g/mol. The van der Waals surface area contributed by atoms with Crippen LogP contribution in [0.5, 0.6) is 0 Å². The van der Waals surface area contributed by atoms with E-state index in [0.717, 1.165) is 36.0 Å². The highest BCUT2D eigenvalue weighted by atomic mass is 16.5. The zero-order chi connectivity index (χ0) is 30.0. The van der Waals surface area contributed by atoms with Crippen LogP contribution in [-0.2, 0) is 22.7 Å². The van der Waals surface area contributed by atoms with E-state index in [4.69, 9.17) is 9.47 Å². The molecule has 0 aliphatic heterocycles. The van der Waals surface area contributed by atoms with E-state index < -0.39 is 0 Å². The molecule has 2 aromatic rings. The fourth-order valence-electron chi connectivity index (χ4n) is 10.5. The van der Waals surface area contributed by atoms with Crippen LogP contribution in [0.1, 0.15) is 110 Å². The van der Waals surface area contributed by atoms with Gasteiger partial charge in [-0.25, -0.2) is 0 Å². The van der Waals surface area contributed by atoms with Gasteiger partial charge in [-0.05, 0) is 102 Å². The second-order valence-corrected chi connectivity index (χ2v) is 15.9. The molecular weight excluding hydrogens is 524 g/mol. The van der Waals surface area contributed by atoms with Gasteiger partial charge in [0.2, 0.25) is 0 Å². The summed E-state index contributed by atoms with van der Waals surface area (Å²) >= 11 is 0. The van der Waals surface area contributed by atoms with Gasteiger partial charge in [0.25, 0.3) is 0 Å². The molecule has 0 saturated heterocycles. The molecule has 2 aromatic carbocycles. The Labute approximate surface area is 263 Å². The summed E-state index contributed by atoms with van der Waals surface area (Å²) in [4.78, 5) is 0. The highest BCUT2D eigenvalue weighted by molar-refractivity contribution is 5.28. The predicted molar refractivity (Wildman–Crippen MR) is 178 cm³/mol. The van der Waals surface area contributed by atoms with Gasteiger partial charge in [0, 0.05) is 0 Å². The Balaban J connectivity index is 1.24. The number of fused-ring (bicyclic) bond motifs is 5. The van der Waals surface area contributed by atoms with Crippen molar-refractivity contribution in [2.24, 2.45) is 46.3 Å². The Morgan fingerprint density at radius 1 is 0.744 bits per heavy atom. The highest BCUT2D eigenvalue weighted by Crippen LogP contribution is 2.67. The Morgan fingerprint density at radius 2 is 1.42 bits per heavy atom. The van der Waals surface area contributed by atoms with Crippen LogP contribution in [0.15, 0.2) is 72.3 Å². The van der Waals surface area contributed by atoms with Gasteiger partial charge < -0.3 is 9.47 Å². The van der Waals surface area contributed by atoms with Gasteiger partial charge in [-0.1, -0.05) is 126 Å². The molecule has 0 heterocycles. The van der Waals surface area contributed by atoms with Crippen LogP contribution in [0.3, 0.4) is 0 Å². The van der Waals surface area contributed by atoms with Crippen molar-refractivity contribution in [1.82, 2.24) is 0 Å². The molecule has 0 N–H and O–H groups in total. The Bertz CT molecular complexity index is 1200. The third-order valence-corrected chi connectivity index (χ3v) is 12.9. The van der Waals surface area contributed by atoms with Crippen LogP contribution in [0.4, 0.5) is 0 Å². The van der Waals surface area contributed by atoms with E-state index >= 15 is 0 Å². The molecule has 3 saturated carbocycles. The third kappa shape index (κ3) is 6.44. The second-order valence-electron chi connectivity index (χ2n) is 15.9. The average molecular weight is 583 g/mol. The summed E-state index contributed by atoms with van der Waals surface area (Å²) in [7, 11) is 0. The first-order chi connectivity index (χ1) is 20.8. The lowest BCUT2D eigenvalue weighted by Gasteiger charge is -2.60. The number of ether oxygens (including phenoxy) is 2. The molecule has 0 amide bonds. The lowest BCUT2D eigenvalue weighted by atomic mass is 9.46. The Kier molecular flexibility index (Phi) is 9.56. The Hall–Kier alpha value is -1.90. The van der Waals surface area contributed by atoms with Crippen molar-refractivity contribution in [2.75, 3.05) is 0 Å². The molecule has 0 unspecified atom stereocenters. The minimum atomic E-state index is 0.209. The van der Waals surface area contributed by atoms with Crippen LogP contribution in [0.25, 0.3) is 0 Å². The molecule has 2 nitrogen and oxygen atoms in total. The highest BCUT2D eigenvalue weighted by Gasteiger charge is 2.61. The lowest BCUT2D eigenvalue weighted by Crippen LogP contribution is -2.55. The molecule has 2 heteroatoms. The van der Waals surface area contributed by atoms with Gasteiger partial charge in [-0.15, -0.1) is 0 Å². The minimum absolute atomic E-state index is 0.209. The van der Waals surface area contributed by atoms with Gasteiger partial charge in [0.1, 0.15) is 0 Å². The fraction of sp³-hybridized carbons (Fsp3) is 0.659. The van der Waals surface area contributed by atoms with Crippen molar-refractivity contribution in [1.29, 1.82) is 0 Å². The molecule has 0 radical (unpaired) electrons. The van der Waals surface area contributed by atoms with E-state index in [1.54, 1.807) is 5.57 Å². The molecule has 6 rings (SSSR count). The minimum Gasteiger partial charge on any atom is -0.373 e.